The Bertz CT molecular complexity index is 1180. The number of rotatable bonds is 9. The highest BCUT2D eigenvalue weighted by atomic mass is 19.4. The molecule has 216 valence electrons. The molecule has 1 fully saturated rings. The van der Waals surface area contributed by atoms with Gasteiger partial charge in [-0.25, -0.2) is 0 Å². The molecule has 1 aliphatic rings. The summed E-state index contributed by atoms with van der Waals surface area (Å²) in [6.07, 6.45) is -7.89. The molecule has 11 heteroatoms. The van der Waals surface area contributed by atoms with Crippen LogP contribution in [0.25, 0.3) is 0 Å². The van der Waals surface area contributed by atoms with Crippen LogP contribution in [0, 0.1) is 5.92 Å². The molecule has 0 amide bonds. The zero-order valence-electron chi connectivity index (χ0n) is 21.6. The first-order valence-corrected chi connectivity index (χ1v) is 12.7. The van der Waals surface area contributed by atoms with E-state index in [4.69, 9.17) is 4.74 Å². The molecule has 0 aliphatic carbocycles. The van der Waals surface area contributed by atoms with Gasteiger partial charge < -0.3 is 24.2 Å². The molecule has 0 atom stereocenters. The van der Waals surface area contributed by atoms with E-state index in [-0.39, 0.29) is 5.92 Å². The molecule has 0 unspecified atom stereocenters. The lowest BCUT2D eigenvalue weighted by Gasteiger charge is -2.42. The predicted octanol–water partition coefficient (Wildman–Crippen LogP) is 6.68. The van der Waals surface area contributed by atoms with Gasteiger partial charge in [-0.15, -0.1) is 26.3 Å². The van der Waals surface area contributed by atoms with E-state index in [1.165, 1.54) is 24.3 Å². The Hall–Kier alpha value is -3.44. The van der Waals surface area contributed by atoms with Gasteiger partial charge in [-0.1, -0.05) is 42.5 Å². The standard InChI is InChI=1S/C29H29F6NO4/c1-38-26-5-3-2-4-20(26)14-17-36-18-15-23(16-19-36)27(37,21-6-10-24(11-7-21)39-28(30,31)32)22-8-12-25(13-9-22)40-29(33,34)35/h2-13,23,37H,14-19H2,1H3. The number of para-hydroxylation sites is 1. The lowest BCUT2D eigenvalue weighted by Crippen LogP contribution is -2.44. The summed E-state index contributed by atoms with van der Waals surface area (Å²) in [6.45, 7) is 2.05. The summed E-state index contributed by atoms with van der Waals surface area (Å²) < 4.78 is 89.3. The molecule has 40 heavy (non-hydrogen) atoms. The fourth-order valence-electron chi connectivity index (χ4n) is 5.22. The van der Waals surface area contributed by atoms with Crippen molar-refractivity contribution in [3.8, 4) is 17.2 Å². The topological polar surface area (TPSA) is 51.2 Å². The zero-order valence-corrected chi connectivity index (χ0v) is 21.6. The van der Waals surface area contributed by atoms with Gasteiger partial charge in [0.1, 0.15) is 22.8 Å². The summed E-state index contributed by atoms with van der Waals surface area (Å²) in [6, 6.07) is 17.6. The Morgan fingerprint density at radius 3 is 1.68 bits per heavy atom. The van der Waals surface area contributed by atoms with Crippen molar-refractivity contribution < 1.29 is 45.7 Å². The summed E-state index contributed by atoms with van der Waals surface area (Å²) in [4.78, 5) is 2.25. The first-order chi connectivity index (χ1) is 18.9. The van der Waals surface area contributed by atoms with E-state index in [9.17, 15) is 31.4 Å². The molecule has 0 aromatic heterocycles. The van der Waals surface area contributed by atoms with Gasteiger partial charge in [0, 0.05) is 6.54 Å². The number of ether oxygens (including phenoxy) is 3. The highest BCUT2D eigenvalue weighted by Gasteiger charge is 2.42. The number of aliphatic hydroxyl groups is 1. The van der Waals surface area contributed by atoms with Crippen molar-refractivity contribution in [2.45, 2.75) is 37.6 Å². The Morgan fingerprint density at radius 2 is 1.23 bits per heavy atom. The zero-order chi connectivity index (χ0) is 29.0. The monoisotopic (exact) mass is 569 g/mol. The molecule has 5 nitrogen and oxygen atoms in total. The predicted molar refractivity (Wildman–Crippen MR) is 135 cm³/mol. The first-order valence-electron chi connectivity index (χ1n) is 12.7. The van der Waals surface area contributed by atoms with Crippen LogP contribution >= 0.6 is 0 Å². The van der Waals surface area contributed by atoms with E-state index in [2.05, 4.69) is 14.4 Å². The van der Waals surface area contributed by atoms with Crippen molar-refractivity contribution in [1.29, 1.82) is 0 Å². The van der Waals surface area contributed by atoms with Gasteiger partial charge in [-0.2, -0.15) is 0 Å². The Balaban J connectivity index is 1.54. The van der Waals surface area contributed by atoms with Crippen LogP contribution in [0.15, 0.2) is 72.8 Å². The lowest BCUT2D eigenvalue weighted by atomic mass is 9.72. The van der Waals surface area contributed by atoms with Crippen molar-refractivity contribution in [1.82, 2.24) is 4.90 Å². The van der Waals surface area contributed by atoms with Gasteiger partial charge in [-0.3, -0.25) is 0 Å². The van der Waals surface area contributed by atoms with Crippen LogP contribution in [-0.4, -0.2) is 49.5 Å². The van der Waals surface area contributed by atoms with E-state index < -0.39 is 29.8 Å². The number of benzene rings is 3. The maximum absolute atomic E-state index is 12.7. The fourth-order valence-corrected chi connectivity index (χ4v) is 5.22. The first kappa shape index (κ1) is 29.5. The normalized spacial score (nSPS) is 15.6. The summed E-state index contributed by atoms with van der Waals surface area (Å²) in [7, 11) is 1.62. The summed E-state index contributed by atoms with van der Waals surface area (Å²) in [5, 5.41) is 12.1. The van der Waals surface area contributed by atoms with Crippen LogP contribution in [0.4, 0.5) is 26.3 Å². The second-order valence-corrected chi connectivity index (χ2v) is 9.59. The van der Waals surface area contributed by atoms with Gasteiger partial charge in [0.2, 0.25) is 0 Å². The van der Waals surface area contributed by atoms with Gasteiger partial charge >= 0.3 is 12.7 Å². The molecule has 1 saturated heterocycles. The smallest absolute Gasteiger partial charge is 0.496 e. The second kappa shape index (κ2) is 12.0. The van der Waals surface area contributed by atoms with Crippen LogP contribution in [0.2, 0.25) is 0 Å². The second-order valence-electron chi connectivity index (χ2n) is 9.59. The van der Waals surface area contributed by atoms with Gasteiger partial charge in [0.25, 0.3) is 0 Å². The van der Waals surface area contributed by atoms with Crippen LogP contribution in [0.3, 0.4) is 0 Å². The molecule has 3 aromatic carbocycles. The van der Waals surface area contributed by atoms with E-state index >= 15 is 0 Å². The highest BCUT2D eigenvalue weighted by Crippen LogP contribution is 2.43. The molecular formula is C29H29F6NO4. The number of nitrogens with zero attached hydrogens (tertiary/aromatic N) is 1. The fraction of sp³-hybridized carbons (Fsp3) is 0.379. The van der Waals surface area contributed by atoms with Crippen molar-refractivity contribution in [2.75, 3.05) is 26.7 Å². The number of alkyl halides is 6. The lowest BCUT2D eigenvalue weighted by molar-refractivity contribution is -0.275. The summed E-state index contributed by atoms with van der Waals surface area (Å²) in [5.74, 6) is -0.446. The van der Waals surface area contributed by atoms with Crippen LogP contribution < -0.4 is 14.2 Å². The van der Waals surface area contributed by atoms with Crippen LogP contribution in [-0.2, 0) is 12.0 Å². The van der Waals surface area contributed by atoms with Gasteiger partial charge in [-0.05, 0) is 85.3 Å². The van der Waals surface area contributed by atoms with Gasteiger partial charge in [0.05, 0.1) is 7.11 Å². The Labute approximate surface area is 227 Å². The van der Waals surface area contributed by atoms with E-state index in [0.29, 0.717) is 37.1 Å². The number of piperidine rings is 1. The van der Waals surface area contributed by atoms with E-state index in [0.717, 1.165) is 48.5 Å². The van der Waals surface area contributed by atoms with Crippen molar-refractivity contribution in [2.24, 2.45) is 5.92 Å². The van der Waals surface area contributed by atoms with E-state index in [1.54, 1.807) is 7.11 Å². The van der Waals surface area contributed by atoms with Crippen molar-refractivity contribution in [3.05, 3.63) is 89.5 Å². The van der Waals surface area contributed by atoms with Gasteiger partial charge in [0.15, 0.2) is 0 Å². The van der Waals surface area contributed by atoms with Crippen molar-refractivity contribution in [3.63, 3.8) is 0 Å². The van der Waals surface area contributed by atoms with Crippen LogP contribution in [0.5, 0.6) is 17.2 Å². The van der Waals surface area contributed by atoms with Crippen molar-refractivity contribution >= 4 is 0 Å². The molecule has 0 saturated carbocycles. The molecule has 0 radical (unpaired) electrons. The summed E-state index contributed by atoms with van der Waals surface area (Å²) >= 11 is 0. The summed E-state index contributed by atoms with van der Waals surface area (Å²) in [5.41, 5.74) is 0.00589. The molecular weight excluding hydrogens is 540 g/mol. The Kier molecular flexibility index (Phi) is 8.84. The average Bonchev–Trinajstić information content (AvgIpc) is 2.91. The quantitative estimate of drug-likeness (QED) is 0.292. The minimum Gasteiger partial charge on any atom is -0.496 e. The third-order valence-electron chi connectivity index (χ3n) is 7.12. The largest absolute Gasteiger partial charge is 0.573 e. The van der Waals surface area contributed by atoms with E-state index in [1.807, 2.05) is 24.3 Å². The molecule has 0 bridgehead atoms. The third-order valence-corrected chi connectivity index (χ3v) is 7.12. The molecule has 1 heterocycles. The molecule has 0 spiro atoms. The molecule has 1 N–H and O–H groups in total. The molecule has 1 aliphatic heterocycles. The number of hydrogen-bond acceptors (Lipinski definition) is 5. The number of halogens is 6. The van der Waals surface area contributed by atoms with Crippen LogP contribution in [0.1, 0.15) is 29.5 Å². The maximum atomic E-state index is 12.7. The Morgan fingerprint density at radius 1 is 0.750 bits per heavy atom. The average molecular weight is 570 g/mol. The highest BCUT2D eigenvalue weighted by molar-refractivity contribution is 5.42. The number of likely N-dealkylation sites (tertiary alicyclic amines) is 1. The maximum Gasteiger partial charge on any atom is 0.573 e. The third kappa shape index (κ3) is 7.39. The SMILES string of the molecule is COc1ccccc1CCN1CCC(C(O)(c2ccc(OC(F)(F)F)cc2)c2ccc(OC(F)(F)F)cc2)CC1. The minimum atomic E-state index is -4.87. The minimum absolute atomic E-state index is 0.305. The molecule has 3 aromatic rings. The molecule has 4 rings (SSSR count). The number of methoxy groups -OCH3 is 1. The number of hydrogen-bond donors (Lipinski definition) is 1.